The summed E-state index contributed by atoms with van der Waals surface area (Å²) in [6, 6.07) is 8.55. The van der Waals surface area contributed by atoms with Crippen LogP contribution in [0.2, 0.25) is 5.02 Å². The van der Waals surface area contributed by atoms with Crippen LogP contribution in [0.25, 0.3) is 0 Å². The molecular formula is C23H29ClN2O4. The van der Waals surface area contributed by atoms with E-state index >= 15 is 0 Å². The van der Waals surface area contributed by atoms with Crippen molar-refractivity contribution in [3.8, 4) is 11.5 Å². The fourth-order valence-corrected chi connectivity index (χ4v) is 2.89. The summed E-state index contributed by atoms with van der Waals surface area (Å²) in [5.74, 6) is 0.295. The fourth-order valence-electron chi connectivity index (χ4n) is 2.62. The number of nitrogens with one attached hydrogen (secondary N) is 2. The van der Waals surface area contributed by atoms with E-state index in [0.29, 0.717) is 46.7 Å². The van der Waals surface area contributed by atoms with E-state index in [9.17, 15) is 9.59 Å². The third-order valence-corrected chi connectivity index (χ3v) is 4.58. The molecule has 0 spiro atoms. The molecule has 2 amide bonds. The van der Waals surface area contributed by atoms with Crippen LogP contribution >= 0.6 is 11.6 Å². The third-order valence-electron chi connectivity index (χ3n) is 4.30. The Kier molecular flexibility index (Phi) is 8.54. The van der Waals surface area contributed by atoms with E-state index in [1.165, 1.54) is 0 Å². The summed E-state index contributed by atoms with van der Waals surface area (Å²) in [4.78, 5) is 24.8. The number of aryl methyl sites for hydroxylation is 1. The molecule has 2 N–H and O–H groups in total. The molecule has 0 aliphatic heterocycles. The summed E-state index contributed by atoms with van der Waals surface area (Å²) < 4.78 is 11.3. The second kappa shape index (κ2) is 10.9. The molecule has 0 unspecified atom stereocenters. The van der Waals surface area contributed by atoms with Gasteiger partial charge in [0.15, 0.2) is 11.5 Å². The number of rotatable bonds is 9. The summed E-state index contributed by atoms with van der Waals surface area (Å²) in [7, 11) is 0. The van der Waals surface area contributed by atoms with Crippen molar-refractivity contribution in [3.05, 3.63) is 46.5 Å². The van der Waals surface area contributed by atoms with Gasteiger partial charge in [0.25, 0.3) is 5.91 Å². The number of ether oxygens (including phenoxy) is 2. The van der Waals surface area contributed by atoms with E-state index in [4.69, 9.17) is 21.1 Å². The van der Waals surface area contributed by atoms with Gasteiger partial charge in [-0.2, -0.15) is 0 Å². The molecule has 0 aliphatic carbocycles. The lowest BCUT2D eigenvalue weighted by Gasteiger charge is -2.16. The van der Waals surface area contributed by atoms with Crippen molar-refractivity contribution in [1.82, 2.24) is 0 Å². The smallest absolute Gasteiger partial charge is 0.255 e. The van der Waals surface area contributed by atoms with E-state index in [1.807, 2.05) is 40.7 Å². The first-order valence-electron chi connectivity index (χ1n) is 10.1. The highest BCUT2D eigenvalue weighted by atomic mass is 35.5. The van der Waals surface area contributed by atoms with Gasteiger partial charge in [0.05, 0.1) is 18.2 Å². The molecule has 0 saturated heterocycles. The summed E-state index contributed by atoms with van der Waals surface area (Å²) in [5, 5.41) is 6.03. The van der Waals surface area contributed by atoms with Crippen LogP contribution in [-0.2, 0) is 4.79 Å². The van der Waals surface area contributed by atoms with Gasteiger partial charge in [-0.25, -0.2) is 0 Å². The zero-order valence-electron chi connectivity index (χ0n) is 18.1. The lowest BCUT2D eigenvalue weighted by Crippen LogP contribution is -2.18. The molecule has 0 radical (unpaired) electrons. The highest BCUT2D eigenvalue weighted by Gasteiger charge is 2.17. The van der Waals surface area contributed by atoms with Crippen LogP contribution in [-0.4, -0.2) is 25.0 Å². The van der Waals surface area contributed by atoms with Crippen LogP contribution in [0.1, 0.15) is 50.0 Å². The normalized spacial score (nSPS) is 10.6. The molecule has 0 saturated carbocycles. The maximum Gasteiger partial charge on any atom is 0.255 e. The molecule has 0 fully saturated rings. The minimum absolute atomic E-state index is 0.0908. The zero-order valence-corrected chi connectivity index (χ0v) is 18.9. The molecule has 0 bridgehead atoms. The van der Waals surface area contributed by atoms with Gasteiger partial charge >= 0.3 is 0 Å². The quantitative estimate of drug-likeness (QED) is 0.534. The van der Waals surface area contributed by atoms with Gasteiger partial charge in [-0.15, -0.1) is 0 Å². The van der Waals surface area contributed by atoms with Gasteiger partial charge in [0, 0.05) is 22.9 Å². The predicted octanol–water partition coefficient (Wildman–Crippen LogP) is 5.68. The maximum atomic E-state index is 12.9. The van der Waals surface area contributed by atoms with Crippen LogP contribution in [0.15, 0.2) is 30.3 Å². The Morgan fingerprint density at radius 2 is 1.80 bits per heavy atom. The van der Waals surface area contributed by atoms with E-state index < -0.39 is 0 Å². The summed E-state index contributed by atoms with van der Waals surface area (Å²) >= 11 is 6.36. The van der Waals surface area contributed by atoms with Crippen molar-refractivity contribution in [3.63, 3.8) is 0 Å². The molecule has 2 rings (SSSR count). The van der Waals surface area contributed by atoms with Gasteiger partial charge in [0.2, 0.25) is 5.91 Å². The van der Waals surface area contributed by atoms with Gasteiger partial charge in [-0.3, -0.25) is 9.59 Å². The van der Waals surface area contributed by atoms with Crippen molar-refractivity contribution in [1.29, 1.82) is 0 Å². The Morgan fingerprint density at radius 3 is 2.43 bits per heavy atom. The molecular weight excluding hydrogens is 404 g/mol. The average Bonchev–Trinajstić information content (AvgIpc) is 2.69. The van der Waals surface area contributed by atoms with Gasteiger partial charge in [-0.1, -0.05) is 38.4 Å². The molecule has 0 aliphatic rings. The molecule has 2 aromatic rings. The summed E-state index contributed by atoms with van der Waals surface area (Å²) in [5.41, 5.74) is 2.43. The maximum absolute atomic E-state index is 12.9. The average molecular weight is 433 g/mol. The Labute approximate surface area is 182 Å². The second-order valence-corrected chi connectivity index (χ2v) is 7.60. The number of carbonyl (C=O) groups excluding carboxylic acids is 2. The van der Waals surface area contributed by atoms with Crippen LogP contribution in [0.5, 0.6) is 11.5 Å². The highest BCUT2D eigenvalue weighted by molar-refractivity contribution is 6.32. The lowest BCUT2D eigenvalue weighted by atomic mass is 10.1. The van der Waals surface area contributed by atoms with E-state index in [2.05, 4.69) is 10.6 Å². The molecule has 162 valence electrons. The van der Waals surface area contributed by atoms with Gasteiger partial charge < -0.3 is 20.1 Å². The molecule has 0 aromatic heterocycles. The van der Waals surface area contributed by atoms with Crippen LogP contribution < -0.4 is 20.1 Å². The minimum atomic E-state index is -0.338. The lowest BCUT2D eigenvalue weighted by molar-refractivity contribution is -0.118. The first kappa shape index (κ1) is 23.5. The number of benzene rings is 2. The Balaban J connectivity index is 2.28. The standard InChI is InChI=1S/C23H29ClN2O4/c1-6-10-30-21-18(24)11-16(12-20(21)29-7-2)23(28)26-19-13-17(9-8-15(19)5)25-22(27)14(3)4/h8-9,11-14H,6-7,10H2,1-5H3,(H,25,27)(H,26,28). The van der Waals surface area contributed by atoms with Crippen molar-refractivity contribution < 1.29 is 19.1 Å². The Bertz CT molecular complexity index is 912. The number of hydrogen-bond donors (Lipinski definition) is 2. The summed E-state index contributed by atoms with van der Waals surface area (Å²) in [6.45, 7) is 10.3. The Hall–Kier alpha value is -2.73. The van der Waals surface area contributed by atoms with E-state index in [0.717, 1.165) is 12.0 Å². The summed E-state index contributed by atoms with van der Waals surface area (Å²) in [6.07, 6.45) is 0.826. The van der Waals surface area contributed by atoms with Crippen LogP contribution in [0.4, 0.5) is 11.4 Å². The van der Waals surface area contributed by atoms with E-state index in [-0.39, 0.29) is 17.7 Å². The zero-order chi connectivity index (χ0) is 22.3. The number of anilines is 2. The monoisotopic (exact) mass is 432 g/mol. The largest absolute Gasteiger partial charge is 0.490 e. The fraction of sp³-hybridized carbons (Fsp3) is 0.391. The van der Waals surface area contributed by atoms with E-state index in [1.54, 1.807) is 24.3 Å². The van der Waals surface area contributed by atoms with Crippen LogP contribution in [0.3, 0.4) is 0 Å². The highest BCUT2D eigenvalue weighted by Crippen LogP contribution is 2.37. The van der Waals surface area contributed by atoms with Gasteiger partial charge in [-0.05, 0) is 50.1 Å². The number of amides is 2. The topological polar surface area (TPSA) is 76.7 Å². The second-order valence-electron chi connectivity index (χ2n) is 7.19. The first-order valence-corrected chi connectivity index (χ1v) is 10.5. The third kappa shape index (κ3) is 6.13. The molecule has 0 heterocycles. The number of carbonyl (C=O) groups is 2. The minimum Gasteiger partial charge on any atom is -0.490 e. The van der Waals surface area contributed by atoms with Crippen molar-refractivity contribution in [2.24, 2.45) is 5.92 Å². The van der Waals surface area contributed by atoms with Crippen molar-refractivity contribution in [2.75, 3.05) is 23.8 Å². The molecule has 0 atom stereocenters. The Morgan fingerprint density at radius 1 is 1.07 bits per heavy atom. The van der Waals surface area contributed by atoms with Gasteiger partial charge in [0.1, 0.15) is 0 Å². The SMILES string of the molecule is CCCOc1c(Cl)cc(C(=O)Nc2cc(NC(=O)C(C)C)ccc2C)cc1OCC. The predicted molar refractivity (Wildman–Crippen MR) is 121 cm³/mol. The molecule has 7 heteroatoms. The molecule has 2 aromatic carbocycles. The first-order chi connectivity index (χ1) is 14.3. The number of hydrogen-bond acceptors (Lipinski definition) is 4. The van der Waals surface area contributed by atoms with Crippen molar-refractivity contribution in [2.45, 2.75) is 41.0 Å². The number of halogens is 1. The molecule has 6 nitrogen and oxygen atoms in total. The van der Waals surface area contributed by atoms with Crippen molar-refractivity contribution >= 4 is 34.8 Å². The van der Waals surface area contributed by atoms with Crippen LogP contribution in [0, 0.1) is 12.8 Å². The molecule has 30 heavy (non-hydrogen) atoms.